The van der Waals surface area contributed by atoms with Gasteiger partial charge in [0, 0.05) is 32.2 Å². The van der Waals surface area contributed by atoms with Crippen molar-refractivity contribution >= 4 is 51.6 Å². The number of halogens is 2. The van der Waals surface area contributed by atoms with Gasteiger partial charge in [-0.25, -0.2) is 17.7 Å². The molecule has 0 fully saturated rings. The molecule has 9 heteroatoms. The van der Waals surface area contributed by atoms with E-state index in [4.69, 9.17) is 11.6 Å². The Morgan fingerprint density at radius 2 is 1.76 bits per heavy atom. The number of benzene rings is 2. The van der Waals surface area contributed by atoms with Crippen molar-refractivity contribution < 1.29 is 8.42 Å². The van der Waals surface area contributed by atoms with E-state index in [9.17, 15) is 8.42 Å². The van der Waals surface area contributed by atoms with E-state index in [1.807, 2.05) is 31.2 Å². The summed E-state index contributed by atoms with van der Waals surface area (Å²) in [6.45, 7) is 3.94. The fourth-order valence-electron chi connectivity index (χ4n) is 2.51. The van der Waals surface area contributed by atoms with Gasteiger partial charge in [-0.2, -0.15) is 0 Å². The lowest BCUT2D eigenvalue weighted by atomic mass is 10.1. The van der Waals surface area contributed by atoms with Gasteiger partial charge in [-0.05, 0) is 48.7 Å². The Morgan fingerprint density at radius 3 is 2.34 bits per heavy atom. The summed E-state index contributed by atoms with van der Waals surface area (Å²) in [5.74, 6) is 0.717. The molecule has 0 spiro atoms. The number of sulfonamides is 1. The quantitative estimate of drug-likeness (QED) is 0.300. The lowest BCUT2D eigenvalue weighted by Gasteiger charge is -2.12. The monoisotopic (exact) mass is 550 g/mol. The van der Waals surface area contributed by atoms with Gasteiger partial charge in [-0.15, -0.1) is 24.0 Å². The van der Waals surface area contributed by atoms with E-state index in [-0.39, 0.29) is 28.9 Å². The number of aliphatic imine (C=N–C) groups is 1. The van der Waals surface area contributed by atoms with Gasteiger partial charge in [0.25, 0.3) is 0 Å². The van der Waals surface area contributed by atoms with Crippen LogP contribution in [0.1, 0.15) is 18.1 Å². The Hall–Kier alpha value is -1.36. The molecule has 29 heavy (non-hydrogen) atoms. The van der Waals surface area contributed by atoms with Gasteiger partial charge < -0.3 is 10.6 Å². The maximum Gasteiger partial charge on any atom is 0.242 e. The van der Waals surface area contributed by atoms with Crippen molar-refractivity contribution in [3.63, 3.8) is 0 Å². The molecule has 6 nitrogen and oxygen atoms in total. The van der Waals surface area contributed by atoms with Crippen molar-refractivity contribution in [2.45, 2.75) is 24.8 Å². The Kier molecular flexibility index (Phi) is 10.9. The summed E-state index contributed by atoms with van der Waals surface area (Å²) in [4.78, 5) is 4.84. The molecule has 0 atom stereocenters. The third kappa shape index (κ3) is 8.12. The zero-order valence-corrected chi connectivity index (χ0v) is 20.8. The second kappa shape index (κ2) is 12.4. The molecule has 160 valence electrons. The summed E-state index contributed by atoms with van der Waals surface area (Å²) in [5.41, 5.74) is 2.10. The van der Waals surface area contributed by atoms with Crippen molar-refractivity contribution in [2.24, 2.45) is 4.99 Å². The topological polar surface area (TPSA) is 73.8 Å². The van der Waals surface area contributed by atoms with Crippen LogP contribution in [0.3, 0.4) is 0 Å². The van der Waals surface area contributed by atoms with Crippen LogP contribution in [0.25, 0.3) is 0 Å². The van der Waals surface area contributed by atoms with E-state index in [2.05, 4.69) is 15.6 Å². The Morgan fingerprint density at radius 1 is 1.07 bits per heavy atom. The molecule has 0 aromatic heterocycles. The van der Waals surface area contributed by atoms with E-state index < -0.39 is 10.0 Å². The first-order valence-electron chi connectivity index (χ1n) is 9.11. The van der Waals surface area contributed by atoms with Crippen LogP contribution < -0.4 is 10.6 Å². The number of hydrogen-bond donors (Lipinski definition) is 2. The fourth-order valence-corrected chi connectivity index (χ4v) is 3.62. The molecular weight excluding hydrogens is 523 g/mol. The average molecular weight is 551 g/mol. The molecule has 2 aromatic rings. The zero-order valence-electron chi connectivity index (χ0n) is 16.9. The van der Waals surface area contributed by atoms with Crippen LogP contribution in [0, 0.1) is 0 Å². The average Bonchev–Trinajstić information content (AvgIpc) is 2.66. The minimum atomic E-state index is -3.41. The third-order valence-electron chi connectivity index (χ3n) is 4.06. The lowest BCUT2D eigenvalue weighted by Crippen LogP contribution is -2.38. The highest BCUT2D eigenvalue weighted by molar-refractivity contribution is 14.0. The van der Waals surface area contributed by atoms with E-state index in [0.717, 1.165) is 41.6 Å². The molecule has 0 unspecified atom stereocenters. The van der Waals surface area contributed by atoms with Gasteiger partial charge >= 0.3 is 0 Å². The number of hydrogen-bond acceptors (Lipinski definition) is 3. The molecule has 0 aliphatic carbocycles. The minimum absolute atomic E-state index is 0. The fraction of sp³-hybridized carbons (Fsp3) is 0.350. The van der Waals surface area contributed by atoms with Gasteiger partial charge in [-0.1, -0.05) is 35.9 Å². The highest BCUT2D eigenvalue weighted by Gasteiger charge is 2.16. The van der Waals surface area contributed by atoms with Crippen molar-refractivity contribution in [2.75, 3.05) is 27.2 Å². The van der Waals surface area contributed by atoms with Gasteiger partial charge in [0.1, 0.15) is 0 Å². The van der Waals surface area contributed by atoms with Crippen LogP contribution in [0.5, 0.6) is 0 Å². The summed E-state index contributed by atoms with van der Waals surface area (Å²) in [6.07, 6.45) is 0.835. The summed E-state index contributed by atoms with van der Waals surface area (Å²) >= 11 is 6.01. The van der Waals surface area contributed by atoms with Crippen molar-refractivity contribution in [3.05, 3.63) is 64.7 Å². The standard InChI is InChI=1S/C20H27ClN4O2S.HI/c1-4-22-20(23-13-12-16-6-5-7-18(21)14-16)24-15-17-8-10-19(11-9-17)28(26,27)25(2)3;/h5-11,14H,4,12-13,15H2,1-3H3,(H2,22,23,24);1H. The third-order valence-corrected chi connectivity index (χ3v) is 6.13. The van der Waals surface area contributed by atoms with Crippen LogP contribution in [-0.4, -0.2) is 45.9 Å². The molecular formula is C20H28ClIN4O2S. The van der Waals surface area contributed by atoms with Gasteiger partial charge in [-0.3, -0.25) is 0 Å². The maximum absolute atomic E-state index is 12.1. The van der Waals surface area contributed by atoms with E-state index >= 15 is 0 Å². The normalized spacial score (nSPS) is 11.8. The summed E-state index contributed by atoms with van der Waals surface area (Å²) in [5, 5.41) is 7.25. The first-order chi connectivity index (χ1) is 13.3. The number of rotatable bonds is 8. The van der Waals surface area contributed by atoms with Crippen LogP contribution >= 0.6 is 35.6 Å². The molecule has 2 rings (SSSR count). The molecule has 0 radical (unpaired) electrons. The maximum atomic E-state index is 12.1. The highest BCUT2D eigenvalue weighted by atomic mass is 127. The Labute approximate surface area is 195 Å². The highest BCUT2D eigenvalue weighted by Crippen LogP contribution is 2.14. The number of nitrogens with one attached hydrogen (secondary N) is 2. The second-order valence-corrected chi connectivity index (χ2v) is 9.02. The Balaban J connectivity index is 0.00000420. The van der Waals surface area contributed by atoms with Gasteiger partial charge in [0.05, 0.1) is 11.4 Å². The van der Waals surface area contributed by atoms with Crippen LogP contribution in [0.4, 0.5) is 0 Å². The molecule has 2 aromatic carbocycles. The number of nitrogens with zero attached hydrogens (tertiary/aromatic N) is 2. The van der Waals surface area contributed by atoms with Gasteiger partial charge in [0.15, 0.2) is 5.96 Å². The number of guanidine groups is 1. The predicted molar refractivity (Wildman–Crippen MR) is 131 cm³/mol. The second-order valence-electron chi connectivity index (χ2n) is 6.43. The van der Waals surface area contributed by atoms with Crippen LogP contribution in [0.15, 0.2) is 58.4 Å². The molecule has 0 heterocycles. The molecule has 0 aliphatic heterocycles. The summed E-state index contributed by atoms with van der Waals surface area (Å²) in [7, 11) is -0.373. The minimum Gasteiger partial charge on any atom is -0.357 e. The zero-order chi connectivity index (χ0) is 20.6. The van der Waals surface area contributed by atoms with Crippen molar-refractivity contribution in [1.29, 1.82) is 0 Å². The van der Waals surface area contributed by atoms with Crippen LogP contribution in [-0.2, 0) is 23.0 Å². The summed E-state index contributed by atoms with van der Waals surface area (Å²) < 4.78 is 25.4. The van der Waals surface area contributed by atoms with E-state index in [0.29, 0.717) is 6.54 Å². The molecule has 0 saturated carbocycles. The smallest absolute Gasteiger partial charge is 0.242 e. The van der Waals surface area contributed by atoms with E-state index in [1.54, 1.807) is 24.3 Å². The summed E-state index contributed by atoms with van der Waals surface area (Å²) in [6, 6.07) is 14.6. The first kappa shape index (κ1) is 25.7. The molecule has 0 aliphatic rings. The molecule has 0 amide bonds. The largest absolute Gasteiger partial charge is 0.357 e. The van der Waals surface area contributed by atoms with Crippen LogP contribution in [0.2, 0.25) is 5.02 Å². The van der Waals surface area contributed by atoms with Crippen molar-refractivity contribution in [3.8, 4) is 0 Å². The van der Waals surface area contributed by atoms with E-state index in [1.165, 1.54) is 18.4 Å². The molecule has 2 N–H and O–H groups in total. The predicted octanol–water partition coefficient (Wildman–Crippen LogP) is 3.51. The Bertz CT molecular complexity index is 903. The first-order valence-corrected chi connectivity index (χ1v) is 10.9. The lowest BCUT2D eigenvalue weighted by molar-refractivity contribution is 0.520. The molecule has 0 bridgehead atoms. The SMILES string of the molecule is CCNC(=NCc1ccc(S(=O)(=O)N(C)C)cc1)NCCc1cccc(Cl)c1.I. The molecule has 0 saturated heterocycles. The van der Waals surface area contributed by atoms with Gasteiger partial charge in [0.2, 0.25) is 10.0 Å². The van der Waals surface area contributed by atoms with Crippen molar-refractivity contribution in [1.82, 2.24) is 14.9 Å².